The van der Waals surface area contributed by atoms with Crippen molar-refractivity contribution in [2.45, 2.75) is 32.6 Å². The summed E-state index contributed by atoms with van der Waals surface area (Å²) in [6.45, 7) is 2.25. The van der Waals surface area contributed by atoms with Crippen molar-refractivity contribution in [2.75, 3.05) is 0 Å². The molecule has 0 spiro atoms. The molecule has 0 N–H and O–H groups in total. The van der Waals surface area contributed by atoms with Gasteiger partial charge in [0, 0.05) is 0 Å². The number of allylic oxidation sites excluding steroid dienone is 4. The minimum absolute atomic E-state index is 0.823. The second kappa shape index (κ2) is 4.32. The van der Waals surface area contributed by atoms with Crippen molar-refractivity contribution in [3.05, 3.63) is 24.3 Å². The molecule has 0 saturated carbocycles. The molecule has 0 radical (unpaired) electrons. The molecule has 1 aliphatic carbocycles. The molecule has 0 nitrogen and oxygen atoms in total. The molecule has 0 fully saturated rings. The summed E-state index contributed by atoms with van der Waals surface area (Å²) in [4.78, 5) is 0. The molecule has 1 atom stereocenters. The molecule has 0 bridgehead atoms. The maximum atomic E-state index is 2.36. The van der Waals surface area contributed by atoms with E-state index in [9.17, 15) is 0 Å². The highest BCUT2D eigenvalue weighted by molar-refractivity contribution is 5.02. The summed E-state index contributed by atoms with van der Waals surface area (Å²) in [6.07, 6.45) is 14.3. The van der Waals surface area contributed by atoms with Crippen molar-refractivity contribution < 1.29 is 0 Å². The Bertz CT molecular complexity index is 131. The van der Waals surface area contributed by atoms with Gasteiger partial charge in [0.25, 0.3) is 0 Å². The van der Waals surface area contributed by atoms with Crippen LogP contribution in [0, 0.1) is 5.92 Å². The SMILES string of the molecule is CCCC1C=CCC=CC1. The summed E-state index contributed by atoms with van der Waals surface area (Å²) >= 11 is 0. The van der Waals surface area contributed by atoms with E-state index < -0.39 is 0 Å². The molecular formula is C10H16. The molecule has 0 aromatic carbocycles. The van der Waals surface area contributed by atoms with E-state index in [1.807, 2.05) is 0 Å². The first-order valence-corrected chi connectivity index (χ1v) is 4.25. The lowest BCUT2D eigenvalue weighted by Crippen LogP contribution is -1.91. The molecule has 1 aliphatic rings. The minimum Gasteiger partial charge on any atom is -0.0876 e. The van der Waals surface area contributed by atoms with Crippen LogP contribution in [0.25, 0.3) is 0 Å². The second-order valence-corrected chi connectivity index (χ2v) is 2.92. The molecule has 0 aromatic rings. The number of rotatable bonds is 2. The van der Waals surface area contributed by atoms with Gasteiger partial charge in [0.15, 0.2) is 0 Å². The highest BCUT2D eigenvalue weighted by Crippen LogP contribution is 2.16. The van der Waals surface area contributed by atoms with Crippen LogP contribution in [0.4, 0.5) is 0 Å². The van der Waals surface area contributed by atoms with Gasteiger partial charge in [0.05, 0.1) is 0 Å². The second-order valence-electron chi connectivity index (χ2n) is 2.92. The van der Waals surface area contributed by atoms with E-state index in [2.05, 4.69) is 31.2 Å². The third-order valence-electron chi connectivity index (χ3n) is 1.95. The summed E-state index contributed by atoms with van der Waals surface area (Å²) in [5.74, 6) is 0.823. The molecule has 1 rings (SSSR count). The minimum atomic E-state index is 0.823. The van der Waals surface area contributed by atoms with E-state index in [-0.39, 0.29) is 0 Å². The fourth-order valence-corrected chi connectivity index (χ4v) is 1.38. The lowest BCUT2D eigenvalue weighted by molar-refractivity contribution is 0.589. The van der Waals surface area contributed by atoms with Crippen LogP contribution >= 0.6 is 0 Å². The molecule has 0 saturated heterocycles. The van der Waals surface area contributed by atoms with Crippen molar-refractivity contribution in [3.63, 3.8) is 0 Å². The van der Waals surface area contributed by atoms with Gasteiger partial charge in [-0.2, -0.15) is 0 Å². The molecule has 0 amide bonds. The van der Waals surface area contributed by atoms with Gasteiger partial charge in [-0.15, -0.1) is 0 Å². The maximum Gasteiger partial charge on any atom is -0.0169 e. The van der Waals surface area contributed by atoms with E-state index >= 15 is 0 Å². The van der Waals surface area contributed by atoms with Crippen LogP contribution in [0.3, 0.4) is 0 Å². The van der Waals surface area contributed by atoms with Gasteiger partial charge < -0.3 is 0 Å². The van der Waals surface area contributed by atoms with Gasteiger partial charge >= 0.3 is 0 Å². The zero-order valence-electron chi connectivity index (χ0n) is 6.72. The first kappa shape index (κ1) is 7.59. The van der Waals surface area contributed by atoms with Gasteiger partial charge in [-0.05, 0) is 25.2 Å². The van der Waals surface area contributed by atoms with Crippen LogP contribution in [0.15, 0.2) is 24.3 Å². The molecule has 0 heteroatoms. The predicted molar refractivity (Wildman–Crippen MR) is 45.9 cm³/mol. The van der Waals surface area contributed by atoms with Crippen LogP contribution in [0.2, 0.25) is 0 Å². The third kappa shape index (κ3) is 2.38. The lowest BCUT2D eigenvalue weighted by Gasteiger charge is -2.05. The average Bonchev–Trinajstić information content (AvgIpc) is 2.17. The van der Waals surface area contributed by atoms with Crippen molar-refractivity contribution >= 4 is 0 Å². The van der Waals surface area contributed by atoms with E-state index in [1.165, 1.54) is 19.3 Å². The smallest absolute Gasteiger partial charge is 0.0169 e. The first-order chi connectivity index (χ1) is 4.93. The van der Waals surface area contributed by atoms with E-state index in [4.69, 9.17) is 0 Å². The summed E-state index contributed by atoms with van der Waals surface area (Å²) in [7, 11) is 0. The van der Waals surface area contributed by atoms with Crippen molar-refractivity contribution in [3.8, 4) is 0 Å². The lowest BCUT2D eigenvalue weighted by atomic mass is 10.0. The monoisotopic (exact) mass is 136 g/mol. The fourth-order valence-electron chi connectivity index (χ4n) is 1.38. The van der Waals surface area contributed by atoms with Gasteiger partial charge in [0.2, 0.25) is 0 Å². The Hall–Kier alpha value is -0.520. The summed E-state index contributed by atoms with van der Waals surface area (Å²) in [5.41, 5.74) is 0. The van der Waals surface area contributed by atoms with Crippen LogP contribution in [-0.4, -0.2) is 0 Å². The first-order valence-electron chi connectivity index (χ1n) is 4.25. The molecular weight excluding hydrogens is 120 g/mol. The van der Waals surface area contributed by atoms with Crippen molar-refractivity contribution in [2.24, 2.45) is 5.92 Å². The van der Waals surface area contributed by atoms with Crippen molar-refractivity contribution in [1.82, 2.24) is 0 Å². The summed E-state index contributed by atoms with van der Waals surface area (Å²) < 4.78 is 0. The van der Waals surface area contributed by atoms with Crippen LogP contribution in [0.1, 0.15) is 32.6 Å². The highest BCUT2D eigenvalue weighted by atomic mass is 14.1. The Kier molecular flexibility index (Phi) is 3.28. The van der Waals surface area contributed by atoms with E-state index in [0.29, 0.717) is 0 Å². The quantitative estimate of drug-likeness (QED) is 0.511. The molecule has 1 unspecified atom stereocenters. The van der Waals surface area contributed by atoms with Crippen molar-refractivity contribution in [1.29, 1.82) is 0 Å². The molecule has 10 heavy (non-hydrogen) atoms. The van der Waals surface area contributed by atoms with Crippen LogP contribution in [0.5, 0.6) is 0 Å². The Morgan fingerprint density at radius 1 is 1.30 bits per heavy atom. The van der Waals surface area contributed by atoms with E-state index in [0.717, 1.165) is 12.3 Å². The van der Waals surface area contributed by atoms with Gasteiger partial charge in [-0.3, -0.25) is 0 Å². The Morgan fingerprint density at radius 2 is 2.20 bits per heavy atom. The predicted octanol–water partition coefficient (Wildman–Crippen LogP) is 3.31. The zero-order valence-corrected chi connectivity index (χ0v) is 6.72. The summed E-state index contributed by atoms with van der Waals surface area (Å²) in [5, 5.41) is 0. The van der Waals surface area contributed by atoms with Gasteiger partial charge in [-0.1, -0.05) is 37.6 Å². The van der Waals surface area contributed by atoms with Gasteiger partial charge in [-0.25, -0.2) is 0 Å². The Labute approximate surface area is 63.6 Å². The molecule has 0 aliphatic heterocycles. The van der Waals surface area contributed by atoms with Gasteiger partial charge in [0.1, 0.15) is 0 Å². The number of hydrogen-bond donors (Lipinski definition) is 0. The maximum absolute atomic E-state index is 2.36. The third-order valence-corrected chi connectivity index (χ3v) is 1.95. The Morgan fingerprint density at radius 3 is 3.00 bits per heavy atom. The topological polar surface area (TPSA) is 0 Å². The fraction of sp³-hybridized carbons (Fsp3) is 0.600. The zero-order chi connectivity index (χ0) is 7.23. The Balaban J connectivity index is 2.36. The van der Waals surface area contributed by atoms with Crippen LogP contribution in [-0.2, 0) is 0 Å². The molecule has 0 aromatic heterocycles. The highest BCUT2D eigenvalue weighted by Gasteiger charge is 2.01. The number of hydrogen-bond acceptors (Lipinski definition) is 0. The summed E-state index contributed by atoms with van der Waals surface area (Å²) in [6, 6.07) is 0. The standard InChI is InChI=1S/C10H16/c1-2-7-10-8-5-3-4-6-9-10/h3,5-6,9-10H,2,4,7-8H2,1H3. The molecule has 0 heterocycles. The largest absolute Gasteiger partial charge is 0.0876 e. The normalized spacial score (nSPS) is 24.7. The van der Waals surface area contributed by atoms with E-state index in [1.54, 1.807) is 0 Å². The molecule has 56 valence electrons. The average molecular weight is 136 g/mol. The van der Waals surface area contributed by atoms with Crippen LogP contribution < -0.4 is 0 Å².